The van der Waals surface area contributed by atoms with Gasteiger partial charge in [0.1, 0.15) is 5.67 Å². The van der Waals surface area contributed by atoms with Crippen LogP contribution < -0.4 is 15.4 Å². The van der Waals surface area contributed by atoms with E-state index in [1.165, 1.54) is 26.0 Å². The number of allylic oxidation sites excluding steroid dienone is 1. The highest BCUT2D eigenvalue weighted by Crippen LogP contribution is 2.12. The summed E-state index contributed by atoms with van der Waals surface area (Å²) in [7, 11) is 1.55. The maximum Gasteiger partial charge on any atom is 0.243 e. The first kappa shape index (κ1) is 15.9. The second-order valence-electron chi connectivity index (χ2n) is 4.70. The van der Waals surface area contributed by atoms with E-state index in [4.69, 9.17) is 4.74 Å². The summed E-state index contributed by atoms with van der Waals surface area (Å²) in [5.41, 5.74) is -0.630. The van der Waals surface area contributed by atoms with Crippen LogP contribution in [0.5, 0.6) is 5.88 Å². The average Bonchev–Trinajstić information content (AvgIpc) is 2.41. The molecule has 0 aliphatic rings. The molecule has 0 aliphatic carbocycles. The van der Waals surface area contributed by atoms with E-state index in [0.717, 1.165) is 5.69 Å². The topological polar surface area (TPSA) is 63.2 Å². The molecule has 0 saturated carbocycles. The monoisotopic (exact) mass is 281 g/mol. The van der Waals surface area contributed by atoms with Crippen LogP contribution in [0.2, 0.25) is 0 Å². The molecule has 1 aromatic heterocycles. The number of pyridine rings is 1. The van der Waals surface area contributed by atoms with Crippen molar-refractivity contribution in [2.24, 2.45) is 0 Å². The molecule has 2 N–H and O–H groups in total. The minimum absolute atomic E-state index is 0.315. The molecule has 0 aromatic carbocycles. The molecule has 110 valence electrons. The van der Waals surface area contributed by atoms with E-state index in [2.05, 4.69) is 15.6 Å². The number of nitrogens with zero attached hydrogens (tertiary/aromatic N) is 1. The zero-order chi connectivity index (χ0) is 15.0. The predicted molar refractivity (Wildman–Crippen MR) is 76.6 cm³/mol. The number of halogens is 1. The van der Waals surface area contributed by atoms with Crippen LogP contribution in [-0.4, -0.2) is 36.8 Å². The van der Waals surface area contributed by atoms with E-state index >= 15 is 0 Å². The average molecular weight is 281 g/mol. The van der Waals surface area contributed by atoms with Crippen LogP contribution in [0.25, 0.3) is 0 Å². The van der Waals surface area contributed by atoms with Gasteiger partial charge >= 0.3 is 0 Å². The summed E-state index contributed by atoms with van der Waals surface area (Å²) < 4.78 is 18.1. The maximum absolute atomic E-state index is 13.1. The summed E-state index contributed by atoms with van der Waals surface area (Å²) in [4.78, 5) is 15.4. The Balaban J connectivity index is 2.28. The fourth-order valence-electron chi connectivity index (χ4n) is 1.36. The molecular weight excluding hydrogens is 261 g/mol. The second kappa shape index (κ2) is 7.47. The molecule has 0 saturated heterocycles. The van der Waals surface area contributed by atoms with Crippen molar-refractivity contribution in [1.29, 1.82) is 0 Å². The van der Waals surface area contributed by atoms with Crippen molar-refractivity contribution in [2.75, 3.05) is 25.5 Å². The lowest BCUT2D eigenvalue weighted by Crippen LogP contribution is -2.27. The summed E-state index contributed by atoms with van der Waals surface area (Å²) in [5, 5.41) is 5.77. The number of anilines is 1. The molecule has 0 fully saturated rings. The highest BCUT2D eigenvalue weighted by molar-refractivity contribution is 5.87. The van der Waals surface area contributed by atoms with Gasteiger partial charge in [0.25, 0.3) is 0 Å². The van der Waals surface area contributed by atoms with Gasteiger partial charge in [-0.25, -0.2) is 9.37 Å². The Morgan fingerprint density at radius 2 is 2.25 bits per heavy atom. The number of hydrogen-bond acceptors (Lipinski definition) is 4. The first-order valence-electron chi connectivity index (χ1n) is 6.30. The number of rotatable bonds is 7. The van der Waals surface area contributed by atoms with Gasteiger partial charge in [0.2, 0.25) is 11.8 Å². The summed E-state index contributed by atoms with van der Waals surface area (Å²) in [5.74, 6) is 0.206. The maximum atomic E-state index is 13.1. The number of hydrogen-bond donors (Lipinski definition) is 2. The van der Waals surface area contributed by atoms with E-state index < -0.39 is 5.67 Å². The third-order valence-electron chi connectivity index (χ3n) is 2.33. The number of carbonyl (C=O) groups is 1. The molecule has 1 heterocycles. The number of amides is 1. The van der Waals surface area contributed by atoms with Gasteiger partial charge in [-0.2, -0.15) is 0 Å². The summed E-state index contributed by atoms with van der Waals surface area (Å²) in [6, 6.07) is 3.56. The van der Waals surface area contributed by atoms with Gasteiger partial charge < -0.3 is 15.4 Å². The summed E-state index contributed by atoms with van der Waals surface area (Å²) >= 11 is 0. The fourth-order valence-corrected chi connectivity index (χ4v) is 1.36. The van der Waals surface area contributed by atoms with Crippen LogP contribution >= 0.6 is 0 Å². The summed E-state index contributed by atoms with van der Waals surface area (Å²) in [6.45, 7) is 3.75. The van der Waals surface area contributed by atoms with Gasteiger partial charge in [-0.15, -0.1) is 0 Å². The molecule has 6 heteroatoms. The van der Waals surface area contributed by atoms with Crippen LogP contribution in [0.15, 0.2) is 30.5 Å². The zero-order valence-electron chi connectivity index (χ0n) is 11.9. The lowest BCUT2D eigenvalue weighted by Gasteiger charge is -2.08. The molecule has 0 atom stereocenters. The molecule has 0 unspecified atom stereocenters. The molecular formula is C14H20FN3O2. The first-order valence-corrected chi connectivity index (χ1v) is 6.30. The minimum Gasteiger partial charge on any atom is -0.481 e. The lowest BCUT2D eigenvalue weighted by molar-refractivity contribution is -0.116. The number of carbonyl (C=O) groups excluding carboxylic acids is 1. The summed E-state index contributed by atoms with van der Waals surface area (Å²) in [6.07, 6.45) is 4.06. The molecule has 0 radical (unpaired) electrons. The van der Waals surface area contributed by atoms with Crippen LogP contribution in [-0.2, 0) is 4.79 Å². The smallest absolute Gasteiger partial charge is 0.243 e. The minimum atomic E-state index is -1.48. The van der Waals surface area contributed by atoms with Crippen LogP contribution in [0.4, 0.5) is 10.1 Å². The Bertz CT molecular complexity index is 470. The Morgan fingerprint density at radius 1 is 1.50 bits per heavy atom. The molecule has 0 spiro atoms. The predicted octanol–water partition coefficient (Wildman–Crippen LogP) is 1.92. The van der Waals surface area contributed by atoms with Gasteiger partial charge in [0.05, 0.1) is 7.11 Å². The highest BCUT2D eigenvalue weighted by atomic mass is 19.1. The van der Waals surface area contributed by atoms with Crippen molar-refractivity contribution < 1.29 is 13.9 Å². The van der Waals surface area contributed by atoms with Gasteiger partial charge in [-0.05, 0) is 26.0 Å². The van der Waals surface area contributed by atoms with E-state index in [1.807, 2.05) is 0 Å². The van der Waals surface area contributed by atoms with Crippen LogP contribution in [0, 0.1) is 0 Å². The quantitative estimate of drug-likeness (QED) is 0.592. The largest absolute Gasteiger partial charge is 0.481 e. The van der Waals surface area contributed by atoms with Gasteiger partial charge in [0, 0.05) is 37.1 Å². The van der Waals surface area contributed by atoms with Crippen LogP contribution in [0.3, 0.4) is 0 Å². The third-order valence-corrected chi connectivity index (χ3v) is 2.33. The number of nitrogens with one attached hydrogen (secondary N) is 2. The van der Waals surface area contributed by atoms with Gasteiger partial charge in [0.15, 0.2) is 0 Å². The van der Waals surface area contributed by atoms with Gasteiger partial charge in [-0.1, -0.05) is 0 Å². The molecule has 1 amide bonds. The van der Waals surface area contributed by atoms with E-state index in [-0.39, 0.29) is 5.91 Å². The molecule has 0 bridgehead atoms. The normalized spacial score (nSPS) is 11.4. The van der Waals surface area contributed by atoms with Crippen molar-refractivity contribution >= 4 is 11.6 Å². The first-order chi connectivity index (χ1) is 9.40. The van der Waals surface area contributed by atoms with Crippen molar-refractivity contribution in [3.8, 4) is 5.88 Å². The fraction of sp³-hybridized carbons (Fsp3) is 0.429. The standard InChI is InChI=1S/C14H20FN3O2/c1-14(2,15)6-4-12(19)17-9-8-16-11-5-7-18-13(10-11)20-3/h4-7,10H,8-9H2,1-3H3,(H,16,18)(H,17,19)/b6-4+. The van der Waals surface area contributed by atoms with Crippen molar-refractivity contribution in [2.45, 2.75) is 19.5 Å². The molecule has 5 nitrogen and oxygen atoms in total. The van der Waals surface area contributed by atoms with Crippen molar-refractivity contribution in [3.05, 3.63) is 30.5 Å². The molecule has 20 heavy (non-hydrogen) atoms. The van der Waals surface area contributed by atoms with E-state index in [1.54, 1.807) is 25.4 Å². The number of methoxy groups -OCH3 is 1. The molecule has 0 aliphatic heterocycles. The Morgan fingerprint density at radius 3 is 2.90 bits per heavy atom. The second-order valence-corrected chi connectivity index (χ2v) is 4.70. The van der Waals surface area contributed by atoms with Crippen molar-refractivity contribution in [3.63, 3.8) is 0 Å². The Hall–Kier alpha value is -2.11. The molecule has 1 aromatic rings. The Labute approximate surface area is 118 Å². The van der Waals surface area contributed by atoms with Crippen molar-refractivity contribution in [1.82, 2.24) is 10.3 Å². The van der Waals surface area contributed by atoms with Crippen LogP contribution in [0.1, 0.15) is 13.8 Å². The number of aromatic nitrogens is 1. The van der Waals surface area contributed by atoms with E-state index in [0.29, 0.717) is 19.0 Å². The lowest BCUT2D eigenvalue weighted by atomic mass is 10.1. The Kier molecular flexibility index (Phi) is 5.96. The van der Waals surface area contributed by atoms with Gasteiger partial charge in [-0.3, -0.25) is 4.79 Å². The zero-order valence-corrected chi connectivity index (χ0v) is 11.9. The highest BCUT2D eigenvalue weighted by Gasteiger charge is 2.10. The SMILES string of the molecule is COc1cc(NCCNC(=O)/C=C/C(C)(C)F)ccn1. The van der Waals surface area contributed by atoms with E-state index in [9.17, 15) is 9.18 Å². The molecule has 1 rings (SSSR count). The third kappa shape index (κ3) is 6.72. The number of alkyl halides is 1. The number of ether oxygens (including phenoxy) is 1.